The standard InChI is InChI=1S/C11H19N3S/c1-7(12)9-13-14-10(15-9)8-5-4-6-11(8,2)3/h7-8H,4-6,12H2,1-3H3. The van der Waals surface area contributed by atoms with E-state index in [-0.39, 0.29) is 6.04 Å². The van der Waals surface area contributed by atoms with Crippen LogP contribution in [-0.4, -0.2) is 10.2 Å². The Labute approximate surface area is 95.1 Å². The first kappa shape index (κ1) is 11.0. The quantitative estimate of drug-likeness (QED) is 0.842. The molecule has 2 unspecified atom stereocenters. The Bertz CT molecular complexity index is 343. The number of rotatable bonds is 2. The molecule has 1 fully saturated rings. The van der Waals surface area contributed by atoms with Crippen LogP contribution in [0.3, 0.4) is 0 Å². The topological polar surface area (TPSA) is 51.8 Å². The van der Waals surface area contributed by atoms with Gasteiger partial charge in [0, 0.05) is 5.92 Å². The van der Waals surface area contributed by atoms with Gasteiger partial charge in [0.2, 0.25) is 0 Å². The van der Waals surface area contributed by atoms with Gasteiger partial charge in [0.25, 0.3) is 0 Å². The summed E-state index contributed by atoms with van der Waals surface area (Å²) in [5, 5.41) is 10.6. The van der Waals surface area contributed by atoms with Gasteiger partial charge in [0.15, 0.2) is 0 Å². The summed E-state index contributed by atoms with van der Waals surface area (Å²) in [5.74, 6) is 0.586. The molecular weight excluding hydrogens is 206 g/mol. The lowest BCUT2D eigenvalue weighted by molar-refractivity contribution is 0.330. The van der Waals surface area contributed by atoms with Crippen molar-refractivity contribution in [3.05, 3.63) is 10.0 Å². The van der Waals surface area contributed by atoms with Crippen LogP contribution in [0, 0.1) is 5.41 Å². The summed E-state index contributed by atoms with van der Waals surface area (Å²) in [5.41, 5.74) is 6.18. The fourth-order valence-electron chi connectivity index (χ4n) is 2.36. The molecule has 0 amide bonds. The summed E-state index contributed by atoms with van der Waals surface area (Å²) in [6.45, 7) is 6.62. The van der Waals surface area contributed by atoms with E-state index in [4.69, 9.17) is 5.73 Å². The van der Waals surface area contributed by atoms with Crippen molar-refractivity contribution in [3.8, 4) is 0 Å². The molecule has 0 aliphatic heterocycles. The molecular formula is C11H19N3S. The molecule has 4 heteroatoms. The van der Waals surface area contributed by atoms with Crippen molar-refractivity contribution >= 4 is 11.3 Å². The van der Waals surface area contributed by atoms with E-state index in [2.05, 4.69) is 24.0 Å². The van der Waals surface area contributed by atoms with Crippen LogP contribution in [0.4, 0.5) is 0 Å². The van der Waals surface area contributed by atoms with Crippen molar-refractivity contribution in [2.24, 2.45) is 11.1 Å². The molecule has 1 aliphatic rings. The number of nitrogens with two attached hydrogens (primary N) is 1. The Morgan fingerprint density at radius 3 is 2.67 bits per heavy atom. The molecule has 1 aromatic heterocycles. The smallest absolute Gasteiger partial charge is 0.133 e. The SMILES string of the molecule is CC(N)c1nnc(C2CCCC2(C)C)s1. The van der Waals surface area contributed by atoms with Crippen molar-refractivity contribution in [1.29, 1.82) is 0 Å². The largest absolute Gasteiger partial charge is 0.322 e. The maximum Gasteiger partial charge on any atom is 0.133 e. The van der Waals surface area contributed by atoms with Gasteiger partial charge in [-0.3, -0.25) is 0 Å². The summed E-state index contributed by atoms with van der Waals surface area (Å²) in [4.78, 5) is 0. The normalized spacial score (nSPS) is 26.8. The Morgan fingerprint density at radius 1 is 1.47 bits per heavy atom. The highest BCUT2D eigenvalue weighted by atomic mass is 32.1. The molecule has 0 saturated heterocycles. The molecule has 1 heterocycles. The van der Waals surface area contributed by atoms with Gasteiger partial charge in [-0.05, 0) is 25.2 Å². The van der Waals surface area contributed by atoms with Crippen LogP contribution in [0.1, 0.15) is 62.0 Å². The summed E-state index contributed by atoms with van der Waals surface area (Å²) in [6.07, 6.45) is 3.86. The van der Waals surface area contributed by atoms with Crippen LogP contribution in [0.5, 0.6) is 0 Å². The van der Waals surface area contributed by atoms with Crippen LogP contribution in [0.25, 0.3) is 0 Å². The fraction of sp³-hybridized carbons (Fsp3) is 0.818. The molecule has 1 aromatic rings. The third-order valence-electron chi connectivity index (χ3n) is 3.40. The van der Waals surface area contributed by atoms with Gasteiger partial charge < -0.3 is 5.73 Å². The Kier molecular flexibility index (Phi) is 2.81. The summed E-state index contributed by atoms with van der Waals surface area (Å²) >= 11 is 1.69. The predicted octanol–water partition coefficient (Wildman–Crippen LogP) is 2.85. The van der Waals surface area contributed by atoms with Crippen LogP contribution in [0.2, 0.25) is 0 Å². The van der Waals surface area contributed by atoms with Crippen molar-refractivity contribution in [3.63, 3.8) is 0 Å². The second-order valence-electron chi connectivity index (χ2n) is 5.20. The lowest BCUT2D eigenvalue weighted by Crippen LogP contribution is -2.15. The minimum absolute atomic E-state index is 0.0146. The third-order valence-corrected chi connectivity index (χ3v) is 4.64. The highest BCUT2D eigenvalue weighted by Crippen LogP contribution is 2.49. The highest BCUT2D eigenvalue weighted by molar-refractivity contribution is 7.11. The first-order chi connectivity index (χ1) is 7.00. The second-order valence-corrected chi connectivity index (χ2v) is 6.24. The number of aromatic nitrogens is 2. The monoisotopic (exact) mass is 225 g/mol. The zero-order valence-electron chi connectivity index (χ0n) is 9.66. The maximum absolute atomic E-state index is 5.80. The predicted molar refractivity (Wildman–Crippen MR) is 62.9 cm³/mol. The van der Waals surface area contributed by atoms with Gasteiger partial charge in [-0.2, -0.15) is 0 Å². The van der Waals surface area contributed by atoms with Gasteiger partial charge in [0.05, 0.1) is 6.04 Å². The molecule has 15 heavy (non-hydrogen) atoms. The van der Waals surface area contributed by atoms with Gasteiger partial charge in [0.1, 0.15) is 10.0 Å². The Morgan fingerprint density at radius 2 is 2.20 bits per heavy atom. The summed E-state index contributed by atoms with van der Waals surface area (Å²) in [7, 11) is 0. The van der Waals surface area contributed by atoms with Gasteiger partial charge in [-0.1, -0.05) is 31.6 Å². The zero-order valence-corrected chi connectivity index (χ0v) is 10.5. The molecule has 0 spiro atoms. The van der Waals surface area contributed by atoms with E-state index in [9.17, 15) is 0 Å². The van der Waals surface area contributed by atoms with E-state index in [1.54, 1.807) is 11.3 Å². The molecule has 2 N–H and O–H groups in total. The lowest BCUT2D eigenvalue weighted by atomic mass is 9.82. The van der Waals surface area contributed by atoms with E-state index < -0.39 is 0 Å². The van der Waals surface area contributed by atoms with Crippen LogP contribution >= 0.6 is 11.3 Å². The Balaban J connectivity index is 2.22. The average Bonchev–Trinajstić information content (AvgIpc) is 2.69. The highest BCUT2D eigenvalue weighted by Gasteiger charge is 2.37. The number of hydrogen-bond acceptors (Lipinski definition) is 4. The number of nitrogens with zero attached hydrogens (tertiary/aromatic N) is 2. The molecule has 1 saturated carbocycles. The van der Waals surface area contributed by atoms with E-state index in [0.717, 1.165) is 5.01 Å². The fourth-order valence-corrected chi connectivity index (χ4v) is 3.50. The van der Waals surface area contributed by atoms with E-state index >= 15 is 0 Å². The molecule has 1 aliphatic carbocycles. The maximum atomic E-state index is 5.80. The van der Waals surface area contributed by atoms with Crippen molar-refractivity contribution in [1.82, 2.24) is 10.2 Å². The second kappa shape index (κ2) is 3.83. The minimum Gasteiger partial charge on any atom is -0.322 e. The molecule has 0 bridgehead atoms. The molecule has 2 atom stereocenters. The van der Waals surface area contributed by atoms with E-state index in [0.29, 0.717) is 11.3 Å². The van der Waals surface area contributed by atoms with Crippen LogP contribution in [-0.2, 0) is 0 Å². The zero-order chi connectivity index (χ0) is 11.1. The average molecular weight is 225 g/mol. The van der Waals surface area contributed by atoms with Crippen LogP contribution < -0.4 is 5.73 Å². The van der Waals surface area contributed by atoms with Gasteiger partial charge in [-0.25, -0.2) is 0 Å². The van der Waals surface area contributed by atoms with Gasteiger partial charge in [-0.15, -0.1) is 10.2 Å². The third kappa shape index (κ3) is 2.06. The van der Waals surface area contributed by atoms with E-state index in [1.165, 1.54) is 24.3 Å². The molecule has 0 radical (unpaired) electrons. The molecule has 0 aromatic carbocycles. The molecule has 84 valence electrons. The van der Waals surface area contributed by atoms with Crippen molar-refractivity contribution in [2.45, 2.75) is 52.0 Å². The molecule has 2 rings (SSSR count). The summed E-state index contributed by atoms with van der Waals surface area (Å²) < 4.78 is 0. The first-order valence-corrected chi connectivity index (χ1v) is 6.41. The minimum atomic E-state index is 0.0146. The Hall–Kier alpha value is -0.480. The van der Waals surface area contributed by atoms with Crippen LogP contribution in [0.15, 0.2) is 0 Å². The number of hydrogen-bond donors (Lipinski definition) is 1. The van der Waals surface area contributed by atoms with Crippen molar-refractivity contribution < 1.29 is 0 Å². The lowest BCUT2D eigenvalue weighted by Gasteiger charge is -2.24. The van der Waals surface area contributed by atoms with E-state index in [1.807, 2.05) is 6.92 Å². The molecule has 3 nitrogen and oxygen atoms in total. The summed E-state index contributed by atoms with van der Waals surface area (Å²) in [6, 6.07) is 0.0146. The van der Waals surface area contributed by atoms with Gasteiger partial charge >= 0.3 is 0 Å². The van der Waals surface area contributed by atoms with Crippen molar-refractivity contribution in [2.75, 3.05) is 0 Å². The first-order valence-electron chi connectivity index (χ1n) is 5.59.